The lowest BCUT2D eigenvalue weighted by molar-refractivity contribution is -0.124. The molecule has 5 nitrogen and oxygen atoms in total. The molecule has 0 aliphatic carbocycles. The molecule has 3 rings (SSSR count). The van der Waals surface area contributed by atoms with Crippen LogP contribution in [0, 0.1) is 5.82 Å². The van der Waals surface area contributed by atoms with E-state index in [0.717, 1.165) is 5.56 Å². The smallest absolute Gasteiger partial charge is 0.235 e. The third-order valence-electron chi connectivity index (χ3n) is 4.47. The van der Waals surface area contributed by atoms with Crippen molar-refractivity contribution in [2.45, 2.75) is 32.2 Å². The van der Waals surface area contributed by atoms with Crippen LogP contribution in [-0.2, 0) is 9.59 Å². The fourth-order valence-corrected chi connectivity index (χ4v) is 3.28. The van der Waals surface area contributed by atoms with Gasteiger partial charge in [0.15, 0.2) is 11.6 Å². The lowest BCUT2D eigenvalue weighted by atomic mass is 9.89. The number of nitrogens with one attached hydrogen (secondary N) is 1. The van der Waals surface area contributed by atoms with Crippen molar-refractivity contribution in [3.8, 4) is 5.75 Å². The molecule has 2 amide bonds. The van der Waals surface area contributed by atoms with Crippen LogP contribution in [0.5, 0.6) is 5.75 Å². The average molecular weight is 356 g/mol. The normalized spacial score (nSPS) is 16.0. The minimum Gasteiger partial charge on any atom is -0.494 e. The SMILES string of the molecule is COc1ccc(N(C(=O)C2CC(=O)Nc3ccccc32)C(C)C)cc1F. The van der Waals surface area contributed by atoms with E-state index in [4.69, 9.17) is 4.74 Å². The van der Waals surface area contributed by atoms with Crippen molar-refractivity contribution in [1.29, 1.82) is 0 Å². The van der Waals surface area contributed by atoms with Crippen LogP contribution >= 0.6 is 0 Å². The number of carbonyl (C=O) groups excluding carboxylic acids is 2. The first-order valence-electron chi connectivity index (χ1n) is 8.47. The summed E-state index contributed by atoms with van der Waals surface area (Å²) in [6.07, 6.45) is 0.0672. The molecule has 1 unspecified atom stereocenters. The molecule has 136 valence electrons. The van der Waals surface area contributed by atoms with Crippen LogP contribution < -0.4 is 15.0 Å². The van der Waals surface area contributed by atoms with E-state index in [1.807, 2.05) is 32.0 Å². The van der Waals surface area contributed by atoms with E-state index in [1.165, 1.54) is 24.1 Å². The summed E-state index contributed by atoms with van der Waals surface area (Å²) in [7, 11) is 1.39. The molecule has 1 aliphatic rings. The zero-order chi connectivity index (χ0) is 18.8. The van der Waals surface area contributed by atoms with Crippen LogP contribution in [-0.4, -0.2) is 25.0 Å². The van der Waals surface area contributed by atoms with Crippen LogP contribution in [0.15, 0.2) is 42.5 Å². The number of methoxy groups -OCH3 is 1. The Hall–Kier alpha value is -2.89. The third-order valence-corrected chi connectivity index (χ3v) is 4.47. The first-order valence-corrected chi connectivity index (χ1v) is 8.47. The molecule has 2 aromatic carbocycles. The molecule has 1 aliphatic heterocycles. The summed E-state index contributed by atoms with van der Waals surface area (Å²) in [5.74, 6) is -1.46. The second kappa shape index (κ2) is 7.15. The van der Waals surface area contributed by atoms with E-state index in [2.05, 4.69) is 5.32 Å². The molecular formula is C20H21FN2O3. The van der Waals surface area contributed by atoms with Crippen LogP contribution in [0.4, 0.5) is 15.8 Å². The van der Waals surface area contributed by atoms with Crippen molar-refractivity contribution >= 4 is 23.2 Å². The Morgan fingerprint density at radius 3 is 2.65 bits per heavy atom. The van der Waals surface area contributed by atoms with Gasteiger partial charge in [0, 0.05) is 29.9 Å². The highest BCUT2D eigenvalue weighted by atomic mass is 19.1. The van der Waals surface area contributed by atoms with Crippen molar-refractivity contribution in [2.24, 2.45) is 0 Å². The molecule has 0 saturated heterocycles. The standard InChI is InChI=1S/C20H21FN2O3/c1-12(2)23(13-8-9-18(26-3)16(21)10-13)20(25)15-11-19(24)22-17-7-5-4-6-14(15)17/h4-10,12,15H,11H2,1-3H3,(H,22,24). The lowest BCUT2D eigenvalue weighted by Gasteiger charge is -2.33. The molecule has 1 heterocycles. The average Bonchev–Trinajstić information content (AvgIpc) is 2.61. The van der Waals surface area contributed by atoms with Gasteiger partial charge in [-0.15, -0.1) is 0 Å². The molecule has 0 aromatic heterocycles. The van der Waals surface area contributed by atoms with Crippen LogP contribution in [0.3, 0.4) is 0 Å². The van der Waals surface area contributed by atoms with Crippen molar-refractivity contribution < 1.29 is 18.7 Å². The zero-order valence-corrected chi connectivity index (χ0v) is 15.0. The van der Waals surface area contributed by atoms with Gasteiger partial charge < -0.3 is 15.0 Å². The first kappa shape index (κ1) is 17.9. The van der Waals surface area contributed by atoms with Gasteiger partial charge in [0.2, 0.25) is 11.8 Å². The minimum atomic E-state index is -0.604. The Morgan fingerprint density at radius 1 is 1.27 bits per heavy atom. The predicted octanol–water partition coefficient (Wildman–Crippen LogP) is 3.70. The van der Waals surface area contributed by atoms with E-state index < -0.39 is 11.7 Å². The highest BCUT2D eigenvalue weighted by molar-refractivity contribution is 6.06. The second-order valence-corrected chi connectivity index (χ2v) is 6.51. The van der Waals surface area contributed by atoms with Gasteiger partial charge in [-0.3, -0.25) is 9.59 Å². The first-order chi connectivity index (χ1) is 12.4. The molecule has 0 radical (unpaired) electrons. The number of anilines is 2. The Labute approximate surface area is 151 Å². The molecule has 0 bridgehead atoms. The summed E-state index contributed by atoms with van der Waals surface area (Å²) in [5, 5.41) is 2.79. The lowest BCUT2D eigenvalue weighted by Crippen LogP contribution is -2.42. The molecule has 2 aromatic rings. The number of nitrogens with zero attached hydrogens (tertiary/aromatic N) is 1. The number of amides is 2. The molecule has 6 heteroatoms. The fraction of sp³-hybridized carbons (Fsp3) is 0.300. The summed E-state index contributed by atoms with van der Waals surface area (Å²) in [6.45, 7) is 3.71. The second-order valence-electron chi connectivity index (χ2n) is 6.51. The monoisotopic (exact) mass is 356 g/mol. The maximum atomic E-state index is 14.2. The zero-order valence-electron chi connectivity index (χ0n) is 15.0. The number of hydrogen-bond acceptors (Lipinski definition) is 3. The van der Waals surface area contributed by atoms with Gasteiger partial charge in [-0.05, 0) is 37.6 Å². The Kier molecular flexibility index (Phi) is 4.93. The molecule has 0 fully saturated rings. The summed E-state index contributed by atoms with van der Waals surface area (Å²) in [4.78, 5) is 26.9. The number of ether oxygens (including phenoxy) is 1. The summed E-state index contributed by atoms with van der Waals surface area (Å²) in [5.41, 5.74) is 1.86. The van der Waals surface area contributed by atoms with Gasteiger partial charge in [0.25, 0.3) is 0 Å². The quantitative estimate of drug-likeness (QED) is 0.909. The number of carbonyl (C=O) groups is 2. The van der Waals surface area contributed by atoms with Crippen molar-refractivity contribution in [1.82, 2.24) is 0 Å². The number of hydrogen-bond donors (Lipinski definition) is 1. The number of benzene rings is 2. The van der Waals surface area contributed by atoms with Gasteiger partial charge in [0.05, 0.1) is 13.0 Å². The molecular weight excluding hydrogens is 335 g/mol. The molecule has 0 spiro atoms. The number of para-hydroxylation sites is 1. The number of rotatable bonds is 4. The Balaban J connectivity index is 2.00. The molecule has 1 atom stereocenters. The maximum Gasteiger partial charge on any atom is 0.235 e. The topological polar surface area (TPSA) is 58.6 Å². The highest BCUT2D eigenvalue weighted by Crippen LogP contribution is 2.35. The third kappa shape index (κ3) is 3.27. The van der Waals surface area contributed by atoms with Gasteiger partial charge in [-0.25, -0.2) is 4.39 Å². The summed E-state index contributed by atoms with van der Waals surface area (Å²) in [6, 6.07) is 11.5. The van der Waals surface area contributed by atoms with E-state index in [1.54, 1.807) is 12.1 Å². The van der Waals surface area contributed by atoms with Crippen molar-refractivity contribution in [3.63, 3.8) is 0 Å². The van der Waals surface area contributed by atoms with Crippen molar-refractivity contribution in [3.05, 3.63) is 53.8 Å². The van der Waals surface area contributed by atoms with Crippen molar-refractivity contribution in [2.75, 3.05) is 17.3 Å². The Bertz CT molecular complexity index is 851. The van der Waals surface area contributed by atoms with Gasteiger partial charge in [0.1, 0.15) is 0 Å². The van der Waals surface area contributed by atoms with Crippen LogP contribution in [0.2, 0.25) is 0 Å². The van der Waals surface area contributed by atoms with Gasteiger partial charge in [-0.2, -0.15) is 0 Å². The summed E-state index contributed by atoms with van der Waals surface area (Å²) >= 11 is 0. The van der Waals surface area contributed by atoms with E-state index in [-0.39, 0.29) is 30.0 Å². The number of fused-ring (bicyclic) bond motifs is 1. The van der Waals surface area contributed by atoms with Gasteiger partial charge in [-0.1, -0.05) is 18.2 Å². The van der Waals surface area contributed by atoms with Crippen LogP contribution in [0.25, 0.3) is 0 Å². The molecule has 26 heavy (non-hydrogen) atoms. The van der Waals surface area contributed by atoms with E-state index in [9.17, 15) is 14.0 Å². The molecule has 1 N–H and O–H groups in total. The predicted molar refractivity (Wildman–Crippen MR) is 98.0 cm³/mol. The largest absolute Gasteiger partial charge is 0.494 e. The van der Waals surface area contributed by atoms with E-state index >= 15 is 0 Å². The molecule has 0 saturated carbocycles. The van der Waals surface area contributed by atoms with E-state index in [0.29, 0.717) is 11.4 Å². The fourth-order valence-electron chi connectivity index (χ4n) is 3.28. The highest BCUT2D eigenvalue weighted by Gasteiger charge is 2.35. The summed E-state index contributed by atoms with van der Waals surface area (Å²) < 4.78 is 19.1. The minimum absolute atomic E-state index is 0.0672. The van der Waals surface area contributed by atoms with Gasteiger partial charge >= 0.3 is 0 Å². The van der Waals surface area contributed by atoms with Crippen LogP contribution in [0.1, 0.15) is 31.7 Å². The number of halogens is 1. The maximum absolute atomic E-state index is 14.2. The Morgan fingerprint density at radius 2 is 2.00 bits per heavy atom.